The first-order valence-electron chi connectivity index (χ1n) is 22.2. The van der Waals surface area contributed by atoms with E-state index in [0.29, 0.717) is 0 Å². The molecule has 3 heteroatoms. The maximum Gasteiger partial charge on any atom is 0.136 e. The zero-order valence-electron chi connectivity index (χ0n) is 35.4. The molecule has 304 valence electrons. The topological polar surface area (TPSA) is 21.3 Å². The van der Waals surface area contributed by atoms with Crippen LogP contribution in [0.1, 0.15) is 0 Å². The second-order valence-corrected chi connectivity index (χ2v) is 16.9. The minimum atomic E-state index is 0.910. The number of anilines is 3. The Morgan fingerprint density at radius 1 is 0.308 bits per heavy atom. The zero-order valence-corrected chi connectivity index (χ0v) is 35.4. The van der Waals surface area contributed by atoms with Gasteiger partial charge >= 0.3 is 0 Å². The summed E-state index contributed by atoms with van der Waals surface area (Å²) in [5.74, 6) is 0. The highest BCUT2D eigenvalue weighted by Gasteiger charge is 2.17. The number of para-hydroxylation sites is 3. The summed E-state index contributed by atoms with van der Waals surface area (Å²) < 4.78 is 8.57. The van der Waals surface area contributed by atoms with Gasteiger partial charge in [-0.15, -0.1) is 0 Å². The molecule has 0 bridgehead atoms. The molecule has 0 amide bonds. The number of rotatable bonds is 7. The minimum absolute atomic E-state index is 0.910. The van der Waals surface area contributed by atoms with Crippen molar-refractivity contribution in [3.05, 3.63) is 243 Å². The van der Waals surface area contributed by atoms with Crippen molar-refractivity contribution < 1.29 is 4.42 Å². The van der Waals surface area contributed by atoms with Crippen LogP contribution in [0.2, 0.25) is 0 Å². The van der Waals surface area contributed by atoms with E-state index < -0.39 is 0 Å². The van der Waals surface area contributed by atoms with Crippen molar-refractivity contribution in [2.45, 2.75) is 0 Å². The van der Waals surface area contributed by atoms with Gasteiger partial charge < -0.3 is 13.9 Å². The molecule has 0 radical (unpaired) electrons. The van der Waals surface area contributed by atoms with Crippen LogP contribution >= 0.6 is 0 Å². The highest BCUT2D eigenvalue weighted by atomic mass is 16.3. The molecule has 0 aliphatic carbocycles. The van der Waals surface area contributed by atoms with Crippen LogP contribution in [0.5, 0.6) is 0 Å². The summed E-state index contributed by atoms with van der Waals surface area (Å²) >= 11 is 0. The van der Waals surface area contributed by atoms with Crippen molar-refractivity contribution in [1.82, 2.24) is 4.57 Å². The van der Waals surface area contributed by atoms with Crippen LogP contribution in [0.3, 0.4) is 0 Å². The highest BCUT2D eigenvalue weighted by molar-refractivity contribution is 6.13. The van der Waals surface area contributed by atoms with Gasteiger partial charge in [0.05, 0.1) is 11.0 Å². The van der Waals surface area contributed by atoms with E-state index in [1.807, 2.05) is 12.1 Å². The van der Waals surface area contributed by atoms with Crippen LogP contribution in [0.15, 0.2) is 247 Å². The Balaban J connectivity index is 0.844. The molecule has 0 fully saturated rings. The monoisotopic (exact) mass is 828 g/mol. The molecule has 13 aromatic rings. The van der Waals surface area contributed by atoms with E-state index in [4.69, 9.17) is 4.42 Å². The Kier molecular flexibility index (Phi) is 8.53. The molecule has 13 rings (SSSR count). The maximum atomic E-state index is 6.20. The van der Waals surface area contributed by atoms with Gasteiger partial charge in [0.15, 0.2) is 0 Å². The van der Waals surface area contributed by atoms with Crippen LogP contribution in [-0.4, -0.2) is 4.57 Å². The average molecular weight is 829 g/mol. The molecule has 0 saturated heterocycles. The second-order valence-electron chi connectivity index (χ2n) is 16.9. The van der Waals surface area contributed by atoms with Gasteiger partial charge in [0.1, 0.15) is 11.2 Å². The number of hydrogen-bond acceptors (Lipinski definition) is 2. The van der Waals surface area contributed by atoms with E-state index in [1.165, 1.54) is 71.2 Å². The lowest BCUT2D eigenvalue weighted by Crippen LogP contribution is -2.09. The first-order valence-corrected chi connectivity index (χ1v) is 22.2. The Bertz CT molecular complexity index is 3860. The summed E-state index contributed by atoms with van der Waals surface area (Å²) in [5.41, 5.74) is 15.7. The average Bonchev–Trinajstić information content (AvgIpc) is 3.93. The zero-order chi connectivity index (χ0) is 42.8. The molecule has 65 heavy (non-hydrogen) atoms. The molecule has 3 nitrogen and oxygen atoms in total. The molecule has 2 heterocycles. The van der Waals surface area contributed by atoms with Gasteiger partial charge in [-0.25, -0.2) is 0 Å². The fourth-order valence-electron chi connectivity index (χ4n) is 10.1. The minimum Gasteiger partial charge on any atom is -0.456 e. The molecular formula is C62H40N2O. The van der Waals surface area contributed by atoms with Crippen molar-refractivity contribution in [3.8, 4) is 39.1 Å². The Hall–Kier alpha value is -8.66. The standard InChI is InChI=1S/C62H40N2O/c1-2-11-52-45(10-1)24-25-47-40-51(38-39-53(47)52)63(48-32-26-42(27-33-48)41-20-22-46(23-21-41)54-15-9-19-61-62(54)57-14-5-8-18-60(57)65-61)49-34-28-43(29-35-49)44-30-36-50(37-31-44)64-58-16-6-3-12-55(58)56-13-4-7-17-59(56)64/h1-40H. The number of hydrogen-bond donors (Lipinski definition) is 0. The highest BCUT2D eigenvalue weighted by Crippen LogP contribution is 2.41. The maximum absolute atomic E-state index is 6.20. The van der Waals surface area contributed by atoms with Crippen LogP contribution < -0.4 is 4.90 Å². The molecule has 0 N–H and O–H groups in total. The summed E-state index contributed by atoms with van der Waals surface area (Å²) in [6, 6.07) is 87.7. The number of nitrogens with zero attached hydrogens (tertiary/aromatic N) is 2. The molecule has 0 saturated carbocycles. The molecule has 0 unspecified atom stereocenters. The molecule has 2 aromatic heterocycles. The van der Waals surface area contributed by atoms with Crippen molar-refractivity contribution >= 4 is 82.4 Å². The van der Waals surface area contributed by atoms with Gasteiger partial charge in [0, 0.05) is 44.3 Å². The molecule has 0 atom stereocenters. The van der Waals surface area contributed by atoms with Gasteiger partial charge in [-0.3, -0.25) is 0 Å². The largest absolute Gasteiger partial charge is 0.456 e. The van der Waals surface area contributed by atoms with E-state index in [9.17, 15) is 0 Å². The van der Waals surface area contributed by atoms with E-state index in [0.717, 1.165) is 50.3 Å². The SMILES string of the molecule is c1ccc2c(c1)ccc1cc(N(c3ccc(-c4ccc(-c5cccc6oc7ccccc7c56)cc4)cc3)c3ccc(-c4ccc(-n5c6ccccc6c6ccccc65)cc4)cc3)ccc12. The van der Waals surface area contributed by atoms with Crippen LogP contribution in [0.4, 0.5) is 17.1 Å². The molecule has 11 aromatic carbocycles. The molecule has 0 aliphatic heterocycles. The van der Waals surface area contributed by atoms with Gasteiger partial charge in [0.25, 0.3) is 0 Å². The lowest BCUT2D eigenvalue weighted by Gasteiger charge is -2.26. The van der Waals surface area contributed by atoms with Crippen molar-refractivity contribution in [2.24, 2.45) is 0 Å². The Morgan fingerprint density at radius 3 is 1.45 bits per heavy atom. The predicted octanol–water partition coefficient (Wildman–Crippen LogP) is 17.5. The second kappa shape index (κ2) is 15.0. The normalized spacial score (nSPS) is 11.7. The number of fused-ring (bicyclic) bond motifs is 9. The third-order valence-corrected chi connectivity index (χ3v) is 13.2. The van der Waals surface area contributed by atoms with E-state index in [-0.39, 0.29) is 0 Å². The Morgan fingerprint density at radius 2 is 0.785 bits per heavy atom. The van der Waals surface area contributed by atoms with Gasteiger partial charge in [-0.1, -0.05) is 170 Å². The summed E-state index contributed by atoms with van der Waals surface area (Å²) in [7, 11) is 0. The van der Waals surface area contributed by atoms with Gasteiger partial charge in [-0.2, -0.15) is 0 Å². The first kappa shape index (κ1) is 36.9. The summed E-state index contributed by atoms with van der Waals surface area (Å²) in [4.78, 5) is 2.37. The number of benzene rings is 11. The lowest BCUT2D eigenvalue weighted by atomic mass is 9.97. The molecule has 0 aliphatic rings. The predicted molar refractivity (Wildman–Crippen MR) is 274 cm³/mol. The number of furan rings is 1. The fourth-order valence-corrected chi connectivity index (χ4v) is 10.1. The van der Waals surface area contributed by atoms with Crippen molar-refractivity contribution in [2.75, 3.05) is 4.90 Å². The smallest absolute Gasteiger partial charge is 0.136 e. The fraction of sp³-hybridized carbons (Fsp3) is 0. The Labute approximate surface area is 376 Å². The summed E-state index contributed by atoms with van der Waals surface area (Å²) in [5, 5.41) is 9.81. The summed E-state index contributed by atoms with van der Waals surface area (Å²) in [6.45, 7) is 0. The van der Waals surface area contributed by atoms with Crippen LogP contribution in [0.25, 0.3) is 104 Å². The van der Waals surface area contributed by atoms with Gasteiger partial charge in [0.2, 0.25) is 0 Å². The quantitative estimate of drug-likeness (QED) is 0.149. The summed E-state index contributed by atoms with van der Waals surface area (Å²) in [6.07, 6.45) is 0. The van der Waals surface area contributed by atoms with E-state index in [1.54, 1.807) is 0 Å². The van der Waals surface area contributed by atoms with Crippen LogP contribution in [-0.2, 0) is 0 Å². The lowest BCUT2D eigenvalue weighted by molar-refractivity contribution is 0.669. The van der Waals surface area contributed by atoms with Gasteiger partial charge in [-0.05, 0) is 128 Å². The third kappa shape index (κ3) is 6.20. The molecule has 0 spiro atoms. The number of aromatic nitrogens is 1. The first-order chi connectivity index (χ1) is 32.2. The van der Waals surface area contributed by atoms with E-state index in [2.05, 4.69) is 240 Å². The van der Waals surface area contributed by atoms with Crippen LogP contribution in [0, 0.1) is 0 Å². The third-order valence-electron chi connectivity index (χ3n) is 13.2. The van der Waals surface area contributed by atoms with E-state index >= 15 is 0 Å². The molecular weight excluding hydrogens is 789 g/mol. The van der Waals surface area contributed by atoms with Crippen molar-refractivity contribution in [1.29, 1.82) is 0 Å². The van der Waals surface area contributed by atoms with Crippen molar-refractivity contribution in [3.63, 3.8) is 0 Å².